The van der Waals surface area contributed by atoms with Gasteiger partial charge in [0.05, 0.1) is 5.56 Å². The largest absolute Gasteiger partial charge is 0.416 e. The number of aliphatic hydroxyl groups excluding tert-OH is 1. The Kier molecular flexibility index (Phi) is 3.76. The molecule has 2 rings (SSSR count). The first-order valence-corrected chi connectivity index (χ1v) is 5.59. The van der Waals surface area contributed by atoms with Crippen LogP contribution >= 0.6 is 0 Å². The zero-order valence-corrected chi connectivity index (χ0v) is 9.96. The molecule has 0 radical (unpaired) electrons. The molecule has 0 aliphatic rings. The molecule has 2 aromatic rings. The molecule has 2 aromatic carbocycles. The molecule has 20 heavy (non-hydrogen) atoms. The Hall–Kier alpha value is -1.95. The molecule has 0 spiro atoms. The first kappa shape index (κ1) is 14.5. The molecule has 0 fully saturated rings. The molecule has 0 heterocycles. The van der Waals surface area contributed by atoms with Crippen LogP contribution in [0.4, 0.5) is 22.0 Å². The fourth-order valence-corrected chi connectivity index (χ4v) is 1.87. The van der Waals surface area contributed by atoms with Gasteiger partial charge in [-0.25, -0.2) is 8.78 Å². The van der Waals surface area contributed by atoms with E-state index in [9.17, 15) is 27.1 Å². The monoisotopic (exact) mass is 288 g/mol. The maximum absolute atomic E-state index is 13.1. The Morgan fingerprint density at radius 1 is 0.900 bits per heavy atom. The highest BCUT2D eigenvalue weighted by atomic mass is 19.4. The van der Waals surface area contributed by atoms with Crippen LogP contribution in [-0.4, -0.2) is 5.11 Å². The zero-order chi connectivity index (χ0) is 14.9. The van der Waals surface area contributed by atoms with Crippen molar-refractivity contribution in [3.8, 4) is 0 Å². The van der Waals surface area contributed by atoms with E-state index < -0.39 is 35.0 Å². The predicted molar refractivity (Wildman–Crippen MR) is 61.9 cm³/mol. The fraction of sp³-hybridized carbons (Fsp3) is 0.143. The molecule has 1 N–H and O–H groups in total. The first-order valence-electron chi connectivity index (χ1n) is 5.59. The van der Waals surface area contributed by atoms with Crippen molar-refractivity contribution in [1.29, 1.82) is 0 Å². The second-order valence-corrected chi connectivity index (χ2v) is 4.19. The van der Waals surface area contributed by atoms with E-state index in [1.54, 1.807) is 0 Å². The van der Waals surface area contributed by atoms with Crippen molar-refractivity contribution in [3.63, 3.8) is 0 Å². The van der Waals surface area contributed by atoms with Gasteiger partial charge in [-0.15, -0.1) is 0 Å². The van der Waals surface area contributed by atoms with E-state index in [4.69, 9.17) is 0 Å². The minimum Gasteiger partial charge on any atom is -0.384 e. The summed E-state index contributed by atoms with van der Waals surface area (Å²) in [5, 5.41) is 9.95. The lowest BCUT2D eigenvalue weighted by Crippen LogP contribution is -2.13. The highest BCUT2D eigenvalue weighted by Gasteiger charge is 2.35. The average Bonchev–Trinajstić information content (AvgIpc) is 2.36. The van der Waals surface area contributed by atoms with Gasteiger partial charge in [-0.2, -0.15) is 13.2 Å². The molecular weight excluding hydrogens is 279 g/mol. The second-order valence-electron chi connectivity index (χ2n) is 4.19. The molecule has 0 aliphatic heterocycles. The number of rotatable bonds is 2. The number of aliphatic hydroxyl groups is 1. The smallest absolute Gasteiger partial charge is 0.384 e. The quantitative estimate of drug-likeness (QED) is 0.826. The number of benzene rings is 2. The van der Waals surface area contributed by atoms with E-state index in [-0.39, 0.29) is 5.56 Å². The Morgan fingerprint density at radius 3 is 2.15 bits per heavy atom. The van der Waals surface area contributed by atoms with Crippen LogP contribution < -0.4 is 0 Å². The molecule has 1 atom stereocenters. The molecular formula is C14H9F5O. The first-order chi connectivity index (χ1) is 9.29. The topological polar surface area (TPSA) is 20.2 Å². The van der Waals surface area contributed by atoms with Crippen LogP contribution in [0.15, 0.2) is 42.5 Å². The fourth-order valence-electron chi connectivity index (χ4n) is 1.87. The standard InChI is InChI=1S/C14H9F5O/c15-9-3-1-2-8(6-9)13(20)11-7-10(16)4-5-12(11)14(17,18)19/h1-7,13,20H. The highest BCUT2D eigenvalue weighted by Crippen LogP contribution is 2.36. The van der Waals surface area contributed by atoms with Crippen molar-refractivity contribution >= 4 is 0 Å². The van der Waals surface area contributed by atoms with Crippen molar-refractivity contribution in [2.24, 2.45) is 0 Å². The third-order valence-corrected chi connectivity index (χ3v) is 2.78. The van der Waals surface area contributed by atoms with Gasteiger partial charge < -0.3 is 5.11 Å². The van der Waals surface area contributed by atoms with Gasteiger partial charge in [0.2, 0.25) is 0 Å². The van der Waals surface area contributed by atoms with E-state index in [0.29, 0.717) is 18.2 Å². The summed E-state index contributed by atoms with van der Waals surface area (Å²) in [5.41, 5.74) is -1.89. The second kappa shape index (κ2) is 5.20. The normalized spacial score (nSPS) is 13.3. The minimum atomic E-state index is -4.74. The van der Waals surface area contributed by atoms with Crippen molar-refractivity contribution in [3.05, 3.63) is 70.8 Å². The maximum Gasteiger partial charge on any atom is 0.416 e. The summed E-state index contributed by atoms with van der Waals surface area (Å²) >= 11 is 0. The third-order valence-electron chi connectivity index (χ3n) is 2.78. The van der Waals surface area contributed by atoms with Crippen LogP contribution in [0, 0.1) is 11.6 Å². The van der Waals surface area contributed by atoms with E-state index in [1.807, 2.05) is 0 Å². The summed E-state index contributed by atoms with van der Waals surface area (Å²) in [7, 11) is 0. The zero-order valence-electron chi connectivity index (χ0n) is 9.96. The Bertz CT molecular complexity index is 621. The van der Waals surface area contributed by atoms with Crippen LogP contribution in [0.2, 0.25) is 0 Å². The van der Waals surface area contributed by atoms with E-state index >= 15 is 0 Å². The van der Waals surface area contributed by atoms with Gasteiger partial charge in [0.25, 0.3) is 0 Å². The SMILES string of the molecule is OC(c1cccc(F)c1)c1cc(F)ccc1C(F)(F)F. The van der Waals surface area contributed by atoms with Gasteiger partial charge in [-0.1, -0.05) is 12.1 Å². The lowest BCUT2D eigenvalue weighted by molar-refractivity contribution is -0.139. The number of hydrogen-bond acceptors (Lipinski definition) is 1. The molecule has 1 unspecified atom stereocenters. The Balaban J connectivity index is 2.54. The molecule has 0 saturated carbocycles. The van der Waals surface area contributed by atoms with E-state index in [0.717, 1.165) is 12.1 Å². The van der Waals surface area contributed by atoms with Crippen molar-refractivity contribution < 1.29 is 27.1 Å². The molecule has 0 aromatic heterocycles. The van der Waals surface area contributed by atoms with Crippen molar-refractivity contribution in [1.82, 2.24) is 0 Å². The van der Waals surface area contributed by atoms with E-state index in [1.165, 1.54) is 12.1 Å². The van der Waals surface area contributed by atoms with Crippen LogP contribution in [0.1, 0.15) is 22.8 Å². The van der Waals surface area contributed by atoms with Gasteiger partial charge >= 0.3 is 6.18 Å². The van der Waals surface area contributed by atoms with Crippen LogP contribution in [-0.2, 0) is 6.18 Å². The maximum atomic E-state index is 13.1. The van der Waals surface area contributed by atoms with Gasteiger partial charge in [-0.05, 0) is 35.9 Å². The van der Waals surface area contributed by atoms with E-state index in [2.05, 4.69) is 0 Å². The van der Waals surface area contributed by atoms with Crippen molar-refractivity contribution in [2.75, 3.05) is 0 Å². The molecule has 0 aliphatic carbocycles. The van der Waals surface area contributed by atoms with Gasteiger partial charge in [0.1, 0.15) is 17.7 Å². The summed E-state index contributed by atoms with van der Waals surface area (Å²) < 4.78 is 64.7. The molecule has 0 saturated heterocycles. The summed E-state index contributed by atoms with van der Waals surface area (Å²) in [6, 6.07) is 6.30. The third kappa shape index (κ3) is 2.96. The molecule has 0 bridgehead atoms. The van der Waals surface area contributed by atoms with Crippen molar-refractivity contribution in [2.45, 2.75) is 12.3 Å². The minimum absolute atomic E-state index is 0.0823. The number of halogens is 5. The summed E-state index contributed by atoms with van der Waals surface area (Å²) in [4.78, 5) is 0. The summed E-state index contributed by atoms with van der Waals surface area (Å²) in [5.74, 6) is -1.62. The van der Waals surface area contributed by atoms with Crippen LogP contribution in [0.5, 0.6) is 0 Å². The molecule has 106 valence electrons. The number of alkyl halides is 3. The van der Waals surface area contributed by atoms with Gasteiger partial charge in [0.15, 0.2) is 0 Å². The molecule has 6 heteroatoms. The predicted octanol–water partition coefficient (Wildman–Crippen LogP) is 4.07. The lowest BCUT2D eigenvalue weighted by Gasteiger charge is -2.18. The van der Waals surface area contributed by atoms with Gasteiger partial charge in [-0.3, -0.25) is 0 Å². The van der Waals surface area contributed by atoms with Gasteiger partial charge in [0, 0.05) is 5.56 Å². The summed E-state index contributed by atoms with van der Waals surface area (Å²) in [6.45, 7) is 0. The Morgan fingerprint density at radius 2 is 1.55 bits per heavy atom. The average molecular weight is 288 g/mol. The molecule has 1 nitrogen and oxygen atoms in total. The summed E-state index contributed by atoms with van der Waals surface area (Å²) in [6.07, 6.45) is -6.50. The molecule has 0 amide bonds. The highest BCUT2D eigenvalue weighted by molar-refractivity contribution is 5.38. The lowest BCUT2D eigenvalue weighted by atomic mass is 9.96. The van der Waals surface area contributed by atoms with Crippen LogP contribution in [0.25, 0.3) is 0 Å². The number of hydrogen-bond donors (Lipinski definition) is 1. The Labute approximate surface area is 111 Å². The van der Waals surface area contributed by atoms with Crippen LogP contribution in [0.3, 0.4) is 0 Å².